The Labute approximate surface area is 336 Å². The Morgan fingerprint density at radius 3 is 0.889 bits per heavy atom. The second kappa shape index (κ2) is 16.9. The van der Waals surface area contributed by atoms with Gasteiger partial charge in [0, 0.05) is 17.7 Å². The molecule has 0 aliphatic carbocycles. The molecule has 23 heteroatoms. The summed E-state index contributed by atoms with van der Waals surface area (Å²) in [6.45, 7) is 0.752. The van der Waals surface area contributed by atoms with Gasteiger partial charge in [0.25, 0.3) is 0 Å². The fourth-order valence-electron chi connectivity index (χ4n) is 7.04. The van der Waals surface area contributed by atoms with Gasteiger partial charge < -0.3 is 0 Å². The van der Waals surface area contributed by atoms with Crippen LogP contribution in [0.5, 0.6) is 0 Å². The predicted octanol–water partition coefficient (Wildman–Crippen LogP) is 9.16. The minimum atomic E-state index is -7.22. The van der Waals surface area contributed by atoms with Gasteiger partial charge in [0.2, 0.25) is 5.52 Å². The van der Waals surface area contributed by atoms with E-state index >= 15 is 35.1 Å². The summed E-state index contributed by atoms with van der Waals surface area (Å²) in [5.41, 5.74) is -12.2. The maximum Gasteiger partial charge on any atom is 0.215 e. The van der Waals surface area contributed by atoms with Gasteiger partial charge in [-0.1, -0.05) is 42.5 Å². The highest BCUT2D eigenvalue weighted by Gasteiger charge is 2.52. The summed E-state index contributed by atoms with van der Waals surface area (Å²) in [6, 6.07) is 19.2. The molecule has 0 atom stereocenters. The van der Waals surface area contributed by atoms with Crippen LogP contribution in [0.25, 0.3) is 10.9 Å². The highest BCUT2D eigenvalue weighted by atomic mass is 19.2. The summed E-state index contributed by atoms with van der Waals surface area (Å²) in [6.07, 6.45) is -5.42. The maximum atomic E-state index is 15.4. The third-order valence-electron chi connectivity index (χ3n) is 9.77. The third kappa shape index (κ3) is 7.06. The van der Waals surface area contributed by atoms with E-state index in [9.17, 15) is 57.1 Å². The number of halogens is 21. The van der Waals surface area contributed by atoms with Crippen LogP contribution >= 0.6 is 0 Å². The maximum absolute atomic E-state index is 15.4. The standard InChI is InChI=1S/C24BF20.C16H13FN/c26-5-1(6(27)14(35)21(42)13(5)34)25(2-7(28)15(36)22(43)16(37)8(2)29,3-9(30)17(38)23(44)18(39)10(3)31)4-11(32)19(40)24(45)20(41)12(4)33;17-15-10-11-18(12-13-6-2-1-3-7-13)16-9-5-4-8-14(15)16/h;1-11H,12H2/q-1;+1. The lowest BCUT2D eigenvalue weighted by molar-refractivity contribution is -0.662. The molecule has 1 heterocycles. The van der Waals surface area contributed by atoms with Crippen molar-refractivity contribution >= 4 is 38.9 Å². The van der Waals surface area contributed by atoms with E-state index in [-0.39, 0.29) is 5.82 Å². The largest absolute Gasteiger partial charge is 0.215 e. The number of benzene rings is 6. The molecular weight excluding hydrogens is 904 g/mol. The lowest BCUT2D eigenvalue weighted by Crippen LogP contribution is -2.81. The van der Waals surface area contributed by atoms with Crippen molar-refractivity contribution in [3.63, 3.8) is 0 Å². The molecule has 6 aromatic carbocycles. The van der Waals surface area contributed by atoms with Crippen LogP contribution in [0.1, 0.15) is 5.56 Å². The molecule has 0 aliphatic rings. The molecule has 0 bridgehead atoms. The van der Waals surface area contributed by atoms with Crippen molar-refractivity contribution in [1.82, 2.24) is 0 Å². The predicted molar refractivity (Wildman–Crippen MR) is 179 cm³/mol. The van der Waals surface area contributed by atoms with Crippen molar-refractivity contribution in [1.29, 1.82) is 0 Å². The van der Waals surface area contributed by atoms with Gasteiger partial charge in [0.1, 0.15) is 58.5 Å². The molecule has 0 spiro atoms. The fraction of sp³-hybridized carbons (Fsp3) is 0.0250. The highest BCUT2D eigenvalue weighted by Crippen LogP contribution is 2.31. The summed E-state index contributed by atoms with van der Waals surface area (Å²) < 4.78 is 310. The van der Waals surface area contributed by atoms with Crippen molar-refractivity contribution < 1.29 is 96.8 Å². The van der Waals surface area contributed by atoms with Gasteiger partial charge in [-0.2, -0.15) is 4.57 Å². The zero-order valence-electron chi connectivity index (χ0n) is 30.0. The number of hydrogen-bond donors (Lipinski definition) is 0. The van der Waals surface area contributed by atoms with E-state index < -0.39 is 144 Å². The SMILES string of the molecule is Fc1c(F)c(F)c([B-](c2c(F)c(F)c(F)c(F)c2F)(c2c(F)c(F)c(F)c(F)c2F)c2c(F)c(F)c(F)c(F)c2F)c(F)c1F.Fc1cc[n+](Cc2ccccc2)c2ccccc12. The van der Waals surface area contributed by atoms with Gasteiger partial charge in [0.15, 0.2) is 82.5 Å². The first kappa shape index (κ1) is 45.8. The van der Waals surface area contributed by atoms with Crippen molar-refractivity contribution in [3.05, 3.63) is 195 Å². The third-order valence-corrected chi connectivity index (χ3v) is 9.77. The van der Waals surface area contributed by atoms with E-state index in [4.69, 9.17) is 0 Å². The number of hydrogen-bond acceptors (Lipinski definition) is 0. The van der Waals surface area contributed by atoms with Crippen LogP contribution in [-0.2, 0) is 6.54 Å². The van der Waals surface area contributed by atoms with Crippen LogP contribution < -0.4 is 26.4 Å². The zero-order valence-corrected chi connectivity index (χ0v) is 30.0. The fourth-order valence-corrected chi connectivity index (χ4v) is 7.04. The number of fused-ring (bicyclic) bond motifs is 1. The monoisotopic (exact) mass is 917 g/mol. The van der Waals surface area contributed by atoms with Crippen LogP contribution in [-0.4, -0.2) is 6.15 Å². The second-order valence-corrected chi connectivity index (χ2v) is 13.1. The number of nitrogens with zero attached hydrogens (tertiary/aromatic N) is 1. The molecule has 0 amide bonds. The summed E-state index contributed by atoms with van der Waals surface area (Å²) in [4.78, 5) is 0. The average Bonchev–Trinajstić information content (AvgIpc) is 3.28. The quantitative estimate of drug-likeness (QED) is 0.0516. The Morgan fingerprint density at radius 2 is 0.571 bits per heavy atom. The van der Waals surface area contributed by atoms with Gasteiger partial charge in [-0.25, -0.2) is 92.2 Å². The topological polar surface area (TPSA) is 3.88 Å². The molecule has 0 unspecified atom stereocenters. The molecular formula is C40H13BF21N. The van der Waals surface area contributed by atoms with Crippen LogP contribution in [0, 0.1) is 122 Å². The van der Waals surface area contributed by atoms with E-state index in [0.717, 1.165) is 12.1 Å². The zero-order chi connectivity index (χ0) is 46.7. The van der Waals surface area contributed by atoms with E-state index in [1.165, 1.54) is 11.6 Å². The smallest absolute Gasteiger partial charge is 0.207 e. The van der Waals surface area contributed by atoms with Gasteiger partial charge in [-0.3, -0.25) is 0 Å². The normalized spacial score (nSPS) is 11.6. The minimum Gasteiger partial charge on any atom is -0.207 e. The van der Waals surface area contributed by atoms with Gasteiger partial charge in [0.05, 0.1) is 5.39 Å². The Morgan fingerprint density at radius 1 is 0.302 bits per heavy atom. The molecule has 0 N–H and O–H groups in total. The summed E-state index contributed by atoms with van der Waals surface area (Å²) in [5, 5.41) is 0.663. The van der Waals surface area contributed by atoms with E-state index in [0.29, 0.717) is 5.39 Å². The number of para-hydroxylation sites is 1. The summed E-state index contributed by atoms with van der Waals surface area (Å²) in [7, 11) is 0. The first-order chi connectivity index (χ1) is 29.5. The van der Waals surface area contributed by atoms with Crippen LogP contribution in [0.4, 0.5) is 92.2 Å². The van der Waals surface area contributed by atoms with Crippen LogP contribution in [0.2, 0.25) is 0 Å². The van der Waals surface area contributed by atoms with Crippen molar-refractivity contribution in [2.24, 2.45) is 0 Å². The molecule has 0 fully saturated rings. The van der Waals surface area contributed by atoms with Crippen molar-refractivity contribution in [2.75, 3.05) is 0 Å². The Hall–Kier alpha value is -6.68. The number of rotatable bonds is 6. The summed E-state index contributed by atoms with van der Waals surface area (Å²) in [5.74, 6) is -71.6. The summed E-state index contributed by atoms with van der Waals surface area (Å²) >= 11 is 0. The minimum absolute atomic E-state index is 0.171. The van der Waals surface area contributed by atoms with Gasteiger partial charge >= 0.3 is 0 Å². The number of aromatic nitrogens is 1. The number of pyridine rings is 1. The molecule has 7 rings (SSSR count). The van der Waals surface area contributed by atoms with E-state index in [1.54, 1.807) is 6.20 Å². The molecule has 1 aromatic heterocycles. The van der Waals surface area contributed by atoms with Gasteiger partial charge in [-0.15, -0.1) is 21.9 Å². The van der Waals surface area contributed by atoms with E-state index in [1.807, 2.05) is 42.5 Å². The first-order valence-corrected chi connectivity index (χ1v) is 16.9. The second-order valence-electron chi connectivity index (χ2n) is 13.1. The lowest BCUT2D eigenvalue weighted by Gasteiger charge is -2.44. The molecule has 63 heavy (non-hydrogen) atoms. The van der Waals surface area contributed by atoms with Crippen LogP contribution in [0.15, 0.2) is 66.9 Å². The van der Waals surface area contributed by atoms with Gasteiger partial charge in [-0.05, 0) is 6.07 Å². The molecule has 7 aromatic rings. The molecule has 1 nitrogen and oxygen atoms in total. The average molecular weight is 917 g/mol. The molecule has 0 aliphatic heterocycles. The lowest BCUT2D eigenvalue weighted by atomic mass is 9.12. The Balaban J connectivity index is 0.000000302. The van der Waals surface area contributed by atoms with Crippen LogP contribution in [0.3, 0.4) is 0 Å². The Kier molecular flexibility index (Phi) is 12.3. The first-order valence-electron chi connectivity index (χ1n) is 16.9. The molecule has 0 saturated carbocycles. The molecule has 0 radical (unpaired) electrons. The van der Waals surface area contributed by atoms with Crippen molar-refractivity contribution in [3.8, 4) is 0 Å². The van der Waals surface area contributed by atoms with Crippen molar-refractivity contribution in [2.45, 2.75) is 6.54 Å². The van der Waals surface area contributed by atoms with E-state index in [2.05, 4.69) is 16.7 Å². The molecule has 328 valence electrons. The Bertz CT molecular complexity index is 2610. The highest BCUT2D eigenvalue weighted by molar-refractivity contribution is 7.20. The molecule has 0 saturated heterocycles.